The molecule has 6 heteroatoms. The zero-order chi connectivity index (χ0) is 14.5. The summed E-state index contributed by atoms with van der Waals surface area (Å²) in [4.78, 5) is 4.03. The number of nitrogens with zero attached hydrogens (tertiary/aromatic N) is 1. The fourth-order valence-electron chi connectivity index (χ4n) is 2.04. The molecule has 1 aromatic carbocycles. The average Bonchev–Trinajstić information content (AvgIpc) is 2.44. The van der Waals surface area contributed by atoms with Gasteiger partial charge in [-0.2, -0.15) is 0 Å². The van der Waals surface area contributed by atoms with E-state index in [0.29, 0.717) is 29.1 Å². The zero-order valence-corrected chi connectivity index (χ0v) is 11.6. The summed E-state index contributed by atoms with van der Waals surface area (Å²) < 4.78 is 13.8. The minimum absolute atomic E-state index is 0.184. The fraction of sp³-hybridized carbons (Fsp3) is 0.214. The maximum atomic E-state index is 13.8. The van der Waals surface area contributed by atoms with Crippen molar-refractivity contribution in [2.75, 3.05) is 5.73 Å². The molecule has 0 fully saturated rings. The number of halogens is 2. The van der Waals surface area contributed by atoms with Gasteiger partial charge < -0.3 is 5.73 Å². The lowest BCUT2D eigenvalue weighted by atomic mass is 9.99. The smallest absolute Gasteiger partial charge is 0.127 e. The van der Waals surface area contributed by atoms with Crippen molar-refractivity contribution in [2.45, 2.75) is 18.9 Å². The van der Waals surface area contributed by atoms with Crippen LogP contribution < -0.4 is 17.0 Å². The van der Waals surface area contributed by atoms with Gasteiger partial charge in [-0.15, -0.1) is 0 Å². The summed E-state index contributed by atoms with van der Waals surface area (Å²) in [7, 11) is 0. The first kappa shape index (κ1) is 14.7. The fourth-order valence-corrected chi connectivity index (χ4v) is 2.28. The molecular weight excluding hydrogens is 279 g/mol. The molecule has 0 aliphatic rings. The number of rotatable bonds is 5. The Morgan fingerprint density at radius 2 is 2.10 bits per heavy atom. The molecule has 20 heavy (non-hydrogen) atoms. The topological polar surface area (TPSA) is 77.0 Å². The van der Waals surface area contributed by atoms with Crippen LogP contribution in [-0.2, 0) is 12.8 Å². The summed E-state index contributed by atoms with van der Waals surface area (Å²) in [5.74, 6) is 5.21. The molecule has 1 unspecified atom stereocenters. The van der Waals surface area contributed by atoms with Gasteiger partial charge in [0.25, 0.3) is 0 Å². The second-order valence-electron chi connectivity index (χ2n) is 4.55. The molecule has 4 nitrogen and oxygen atoms in total. The van der Waals surface area contributed by atoms with Crippen LogP contribution in [-0.4, -0.2) is 11.0 Å². The van der Waals surface area contributed by atoms with Gasteiger partial charge in [0.15, 0.2) is 0 Å². The molecule has 2 rings (SSSR count). The monoisotopic (exact) mass is 294 g/mol. The molecule has 0 aliphatic heterocycles. The van der Waals surface area contributed by atoms with Crippen LogP contribution in [0.2, 0.25) is 5.02 Å². The Hall–Kier alpha value is -1.69. The van der Waals surface area contributed by atoms with E-state index >= 15 is 0 Å². The minimum Gasteiger partial charge on any atom is -0.398 e. The van der Waals surface area contributed by atoms with Gasteiger partial charge in [-0.05, 0) is 36.6 Å². The third-order valence-corrected chi connectivity index (χ3v) is 3.51. The maximum absolute atomic E-state index is 13.8. The average molecular weight is 295 g/mol. The Bertz CT molecular complexity index is 571. The molecule has 106 valence electrons. The number of nitrogens with two attached hydrogens (primary N) is 2. The number of hydrogen-bond donors (Lipinski definition) is 3. The van der Waals surface area contributed by atoms with Gasteiger partial charge in [0, 0.05) is 34.7 Å². The van der Waals surface area contributed by atoms with E-state index in [9.17, 15) is 4.39 Å². The van der Waals surface area contributed by atoms with Crippen molar-refractivity contribution in [3.63, 3.8) is 0 Å². The Balaban J connectivity index is 2.16. The lowest BCUT2D eigenvalue weighted by Gasteiger charge is -2.18. The predicted octanol–water partition coefficient (Wildman–Crippen LogP) is 2.07. The number of pyridine rings is 1. The van der Waals surface area contributed by atoms with Gasteiger partial charge in [-0.25, -0.2) is 4.39 Å². The normalized spacial score (nSPS) is 12.3. The number of hydrogen-bond acceptors (Lipinski definition) is 4. The van der Waals surface area contributed by atoms with Crippen molar-refractivity contribution in [3.05, 3.63) is 58.6 Å². The second-order valence-corrected chi connectivity index (χ2v) is 4.95. The summed E-state index contributed by atoms with van der Waals surface area (Å²) in [5.41, 5.74) is 10.5. The van der Waals surface area contributed by atoms with E-state index in [1.54, 1.807) is 30.6 Å². The molecule has 0 aliphatic carbocycles. The molecule has 0 saturated heterocycles. The van der Waals surface area contributed by atoms with Crippen LogP contribution in [0.1, 0.15) is 11.1 Å². The Morgan fingerprint density at radius 1 is 1.30 bits per heavy atom. The molecule has 2 aromatic rings. The van der Waals surface area contributed by atoms with Crippen LogP contribution in [0.4, 0.5) is 10.1 Å². The zero-order valence-electron chi connectivity index (χ0n) is 10.8. The first-order chi connectivity index (χ1) is 9.61. The molecule has 1 aromatic heterocycles. The van der Waals surface area contributed by atoms with Gasteiger partial charge in [-0.1, -0.05) is 17.7 Å². The molecule has 0 amide bonds. The van der Waals surface area contributed by atoms with E-state index in [4.69, 9.17) is 23.2 Å². The largest absolute Gasteiger partial charge is 0.398 e. The third-order valence-electron chi connectivity index (χ3n) is 3.16. The van der Waals surface area contributed by atoms with E-state index in [-0.39, 0.29) is 11.9 Å². The van der Waals surface area contributed by atoms with Crippen LogP contribution in [0.15, 0.2) is 36.7 Å². The maximum Gasteiger partial charge on any atom is 0.127 e. The molecule has 0 radical (unpaired) electrons. The summed E-state index contributed by atoms with van der Waals surface area (Å²) >= 11 is 6.02. The minimum atomic E-state index is -0.336. The van der Waals surface area contributed by atoms with Crippen LogP contribution in [0.3, 0.4) is 0 Å². The lowest BCUT2D eigenvalue weighted by Crippen LogP contribution is -2.38. The van der Waals surface area contributed by atoms with Gasteiger partial charge >= 0.3 is 0 Å². The molecule has 5 N–H and O–H groups in total. The first-order valence-corrected chi connectivity index (χ1v) is 6.57. The Morgan fingerprint density at radius 3 is 2.75 bits per heavy atom. The van der Waals surface area contributed by atoms with Crippen molar-refractivity contribution in [2.24, 2.45) is 5.84 Å². The number of nitrogen functional groups attached to an aromatic ring is 1. The van der Waals surface area contributed by atoms with Crippen LogP contribution in [0.5, 0.6) is 0 Å². The molecule has 0 spiro atoms. The SMILES string of the molecule is NNC(Cc1cnccc1N)Cc1c(F)cccc1Cl. The van der Waals surface area contributed by atoms with Crippen LogP contribution >= 0.6 is 11.6 Å². The summed E-state index contributed by atoms with van der Waals surface area (Å²) in [6, 6.07) is 6.15. The van der Waals surface area contributed by atoms with Gasteiger partial charge in [-0.3, -0.25) is 16.3 Å². The van der Waals surface area contributed by atoms with Crippen molar-refractivity contribution in [3.8, 4) is 0 Å². The quantitative estimate of drug-likeness (QED) is 0.583. The number of anilines is 1. The lowest BCUT2D eigenvalue weighted by molar-refractivity contribution is 0.506. The highest BCUT2D eigenvalue weighted by Gasteiger charge is 2.15. The third kappa shape index (κ3) is 3.45. The summed E-state index contributed by atoms with van der Waals surface area (Å²) in [5, 5.41) is 0.393. The van der Waals surface area contributed by atoms with E-state index < -0.39 is 0 Å². The van der Waals surface area contributed by atoms with Crippen molar-refractivity contribution in [1.29, 1.82) is 0 Å². The highest BCUT2D eigenvalue weighted by molar-refractivity contribution is 6.31. The van der Waals surface area contributed by atoms with Crippen LogP contribution in [0.25, 0.3) is 0 Å². The summed E-state index contributed by atoms with van der Waals surface area (Å²) in [6.07, 6.45) is 4.22. The Kier molecular flexibility index (Phi) is 4.89. The highest BCUT2D eigenvalue weighted by atomic mass is 35.5. The molecule has 1 heterocycles. The van der Waals surface area contributed by atoms with Crippen molar-refractivity contribution in [1.82, 2.24) is 10.4 Å². The standard InChI is InChI=1S/C14H16ClFN4/c15-12-2-1-3-13(16)11(12)7-10(20-18)6-9-8-19-5-4-14(9)17/h1-5,8,10,20H,6-7,18H2,(H2,17,19). The van der Waals surface area contributed by atoms with E-state index in [2.05, 4.69) is 10.4 Å². The number of benzene rings is 1. The first-order valence-electron chi connectivity index (χ1n) is 6.19. The number of nitrogens with one attached hydrogen (secondary N) is 1. The predicted molar refractivity (Wildman–Crippen MR) is 78.6 cm³/mol. The molecular formula is C14H16ClFN4. The van der Waals surface area contributed by atoms with Crippen molar-refractivity contribution < 1.29 is 4.39 Å². The van der Waals surface area contributed by atoms with Crippen LogP contribution in [0, 0.1) is 5.82 Å². The van der Waals surface area contributed by atoms with Gasteiger partial charge in [0.05, 0.1) is 0 Å². The summed E-state index contributed by atoms with van der Waals surface area (Å²) in [6.45, 7) is 0. The van der Waals surface area contributed by atoms with E-state index in [1.165, 1.54) is 6.07 Å². The number of aromatic nitrogens is 1. The molecule has 1 atom stereocenters. The Labute approximate surface area is 121 Å². The van der Waals surface area contributed by atoms with E-state index in [0.717, 1.165) is 5.56 Å². The number of hydrazine groups is 1. The van der Waals surface area contributed by atoms with E-state index in [1.807, 2.05) is 0 Å². The second kappa shape index (κ2) is 6.65. The van der Waals surface area contributed by atoms with Gasteiger partial charge in [0.1, 0.15) is 5.82 Å². The van der Waals surface area contributed by atoms with Gasteiger partial charge in [0.2, 0.25) is 0 Å². The highest BCUT2D eigenvalue weighted by Crippen LogP contribution is 2.22. The molecule has 0 saturated carbocycles. The molecule has 0 bridgehead atoms. The van der Waals surface area contributed by atoms with Crippen molar-refractivity contribution >= 4 is 17.3 Å².